The maximum atomic E-state index is 10.7. The molecule has 0 aliphatic carbocycles. The summed E-state index contributed by atoms with van der Waals surface area (Å²) in [5.74, 6) is -0.378. The summed E-state index contributed by atoms with van der Waals surface area (Å²) in [7, 11) is -1.08. The van der Waals surface area contributed by atoms with Gasteiger partial charge in [0.25, 0.3) is 0 Å². The van der Waals surface area contributed by atoms with Gasteiger partial charge in [0.15, 0.2) is 0 Å². The third-order valence-corrected chi connectivity index (χ3v) is 4.45. The zero-order chi connectivity index (χ0) is 14.5. The van der Waals surface area contributed by atoms with Crippen LogP contribution in [0.25, 0.3) is 0 Å². The highest BCUT2D eigenvalue weighted by Gasteiger charge is 2.16. The van der Waals surface area contributed by atoms with Crippen molar-refractivity contribution in [3.63, 3.8) is 0 Å². The van der Waals surface area contributed by atoms with Crippen molar-refractivity contribution in [2.75, 3.05) is 6.61 Å². The molecule has 0 saturated heterocycles. The van der Waals surface area contributed by atoms with Crippen LogP contribution in [0, 0.1) is 0 Å². The molecule has 0 bridgehead atoms. The molecule has 19 heavy (non-hydrogen) atoms. The highest BCUT2D eigenvalue weighted by molar-refractivity contribution is 6.76. The van der Waals surface area contributed by atoms with Crippen molar-refractivity contribution in [1.82, 2.24) is 9.55 Å². The minimum atomic E-state index is -1.08. The van der Waals surface area contributed by atoms with Crippen LogP contribution in [0.15, 0.2) is 12.4 Å². The van der Waals surface area contributed by atoms with Crippen molar-refractivity contribution in [2.24, 2.45) is 5.73 Å². The van der Waals surface area contributed by atoms with E-state index >= 15 is 0 Å². The third kappa shape index (κ3) is 5.99. The molecule has 1 atom stereocenters. The van der Waals surface area contributed by atoms with E-state index in [2.05, 4.69) is 24.6 Å². The Labute approximate surface area is 114 Å². The Morgan fingerprint density at radius 2 is 2.26 bits per heavy atom. The molecule has 0 amide bonds. The van der Waals surface area contributed by atoms with Crippen LogP contribution in [0.4, 0.5) is 0 Å². The normalized spacial score (nSPS) is 13.5. The van der Waals surface area contributed by atoms with Gasteiger partial charge in [0.05, 0.1) is 0 Å². The van der Waals surface area contributed by atoms with E-state index in [1.807, 2.05) is 0 Å². The van der Waals surface area contributed by atoms with Gasteiger partial charge in [-0.3, -0.25) is 4.79 Å². The summed E-state index contributed by atoms with van der Waals surface area (Å²) in [5, 5.41) is 8.79. The maximum Gasteiger partial charge on any atom is 0.320 e. The summed E-state index contributed by atoms with van der Waals surface area (Å²) < 4.78 is 7.40. The van der Waals surface area contributed by atoms with Crippen LogP contribution < -0.4 is 5.73 Å². The molecule has 0 aromatic carbocycles. The van der Waals surface area contributed by atoms with Crippen molar-refractivity contribution in [1.29, 1.82) is 0 Å². The molecular formula is C12H23N3O3Si. The number of carboxylic acids is 1. The van der Waals surface area contributed by atoms with Gasteiger partial charge >= 0.3 is 5.97 Å². The van der Waals surface area contributed by atoms with Gasteiger partial charge in [-0.25, -0.2) is 4.98 Å². The van der Waals surface area contributed by atoms with Gasteiger partial charge in [-0.05, 0) is 6.04 Å². The fourth-order valence-corrected chi connectivity index (χ4v) is 2.23. The second kappa shape index (κ2) is 6.83. The molecule has 0 aliphatic rings. The number of carbonyl (C=O) groups is 1. The highest BCUT2D eigenvalue weighted by atomic mass is 28.3. The van der Waals surface area contributed by atoms with Crippen LogP contribution in [-0.2, 0) is 22.7 Å². The smallest absolute Gasteiger partial charge is 0.320 e. The molecule has 0 saturated carbocycles. The number of rotatable bonds is 8. The first-order valence-corrected chi connectivity index (χ1v) is 10.1. The molecule has 1 rings (SSSR count). The largest absolute Gasteiger partial charge is 0.480 e. The van der Waals surface area contributed by atoms with Crippen LogP contribution in [0.5, 0.6) is 0 Å². The van der Waals surface area contributed by atoms with Gasteiger partial charge in [0.1, 0.15) is 18.6 Å². The molecular weight excluding hydrogens is 262 g/mol. The Hall–Kier alpha value is -1.18. The van der Waals surface area contributed by atoms with Crippen LogP contribution in [-0.4, -0.2) is 41.3 Å². The Balaban J connectivity index is 2.43. The van der Waals surface area contributed by atoms with Gasteiger partial charge in [0.2, 0.25) is 0 Å². The van der Waals surface area contributed by atoms with Crippen LogP contribution in [0.3, 0.4) is 0 Å². The quantitative estimate of drug-likeness (QED) is 0.552. The van der Waals surface area contributed by atoms with Crippen LogP contribution in [0.1, 0.15) is 5.82 Å². The number of nitrogens with two attached hydrogens (primary N) is 1. The van der Waals surface area contributed by atoms with Gasteiger partial charge in [-0.15, -0.1) is 0 Å². The molecule has 1 aromatic rings. The summed E-state index contributed by atoms with van der Waals surface area (Å²) in [5.41, 5.74) is 5.50. The predicted molar refractivity (Wildman–Crippen MR) is 75.6 cm³/mol. The average Bonchev–Trinajstić information content (AvgIpc) is 2.70. The lowest BCUT2D eigenvalue weighted by atomic mass is 10.2. The van der Waals surface area contributed by atoms with Crippen LogP contribution in [0.2, 0.25) is 25.7 Å². The molecule has 0 fully saturated rings. The lowest BCUT2D eigenvalue weighted by molar-refractivity contribution is -0.138. The second-order valence-electron chi connectivity index (χ2n) is 5.81. The van der Waals surface area contributed by atoms with E-state index in [4.69, 9.17) is 15.6 Å². The lowest BCUT2D eigenvalue weighted by Gasteiger charge is -2.16. The van der Waals surface area contributed by atoms with E-state index in [1.165, 1.54) is 0 Å². The molecule has 0 radical (unpaired) electrons. The molecule has 0 unspecified atom stereocenters. The second-order valence-corrected chi connectivity index (χ2v) is 11.4. The summed E-state index contributed by atoms with van der Waals surface area (Å²) in [4.78, 5) is 14.8. The number of ether oxygens (including phenoxy) is 1. The number of hydrogen-bond acceptors (Lipinski definition) is 4. The van der Waals surface area contributed by atoms with Crippen molar-refractivity contribution in [3.05, 3.63) is 18.2 Å². The summed E-state index contributed by atoms with van der Waals surface area (Å²) in [6, 6.07) is 0.175. The molecule has 0 aliphatic heterocycles. The van der Waals surface area contributed by atoms with E-state index < -0.39 is 20.1 Å². The number of carboxylic acid groups (broad SMARTS) is 1. The lowest BCUT2D eigenvalue weighted by Crippen LogP contribution is -2.33. The zero-order valence-corrected chi connectivity index (χ0v) is 12.8. The fraction of sp³-hybridized carbons (Fsp3) is 0.667. The summed E-state index contributed by atoms with van der Waals surface area (Å²) in [6.07, 6.45) is 3.61. The number of aliphatic carboxylic acids is 1. The summed E-state index contributed by atoms with van der Waals surface area (Å²) in [6.45, 7) is 8.01. The standard InChI is InChI=1S/C12H23N3O3Si/c1-19(2,3)7-6-18-9-15-5-4-14-11(15)8-10(13)12(16)17/h4-5,10H,6-9,13H2,1-3H3,(H,16,17)/t10-/m0/s1. The zero-order valence-electron chi connectivity index (χ0n) is 11.8. The Bertz CT molecular complexity index is 415. The first kappa shape index (κ1) is 15.9. The number of aromatic nitrogens is 2. The molecule has 1 heterocycles. The highest BCUT2D eigenvalue weighted by Crippen LogP contribution is 2.08. The predicted octanol–water partition coefficient (Wildman–Crippen LogP) is 1.15. The van der Waals surface area contributed by atoms with Crippen molar-refractivity contribution < 1.29 is 14.6 Å². The van der Waals surface area contributed by atoms with E-state index in [-0.39, 0.29) is 6.42 Å². The van der Waals surface area contributed by atoms with Gasteiger partial charge in [-0.2, -0.15) is 0 Å². The SMILES string of the molecule is C[Si](C)(C)CCOCn1ccnc1C[C@H](N)C(=O)O. The van der Waals surface area contributed by atoms with Crippen molar-refractivity contribution in [2.45, 2.75) is 44.9 Å². The first-order chi connectivity index (χ1) is 8.79. The van der Waals surface area contributed by atoms with Gasteiger partial charge in [-0.1, -0.05) is 19.6 Å². The number of imidazole rings is 1. The fourth-order valence-electron chi connectivity index (χ4n) is 1.47. The van der Waals surface area contributed by atoms with Gasteiger partial charge < -0.3 is 20.1 Å². The molecule has 108 valence electrons. The molecule has 1 aromatic heterocycles. The van der Waals surface area contributed by atoms with Crippen molar-refractivity contribution >= 4 is 14.0 Å². The Kier molecular flexibility index (Phi) is 5.71. The minimum Gasteiger partial charge on any atom is -0.480 e. The van der Waals surface area contributed by atoms with Gasteiger partial charge in [0, 0.05) is 33.5 Å². The van der Waals surface area contributed by atoms with E-state index in [0.29, 0.717) is 12.6 Å². The third-order valence-electron chi connectivity index (χ3n) is 2.75. The Morgan fingerprint density at radius 1 is 1.58 bits per heavy atom. The average molecular weight is 285 g/mol. The first-order valence-electron chi connectivity index (χ1n) is 6.36. The van der Waals surface area contributed by atoms with E-state index in [1.54, 1.807) is 17.0 Å². The topological polar surface area (TPSA) is 90.4 Å². The maximum absolute atomic E-state index is 10.7. The summed E-state index contributed by atoms with van der Waals surface area (Å²) >= 11 is 0. The van der Waals surface area contributed by atoms with Crippen LogP contribution >= 0.6 is 0 Å². The monoisotopic (exact) mass is 285 g/mol. The number of nitrogens with zero attached hydrogens (tertiary/aromatic N) is 2. The molecule has 0 spiro atoms. The molecule has 6 nitrogen and oxygen atoms in total. The molecule has 7 heteroatoms. The molecule has 3 N–H and O–H groups in total. The minimum absolute atomic E-state index is 0.208. The number of hydrogen-bond donors (Lipinski definition) is 2. The van der Waals surface area contributed by atoms with Crippen molar-refractivity contribution in [3.8, 4) is 0 Å². The van der Waals surface area contributed by atoms with E-state index in [9.17, 15) is 4.79 Å². The Morgan fingerprint density at radius 3 is 2.84 bits per heavy atom. The van der Waals surface area contributed by atoms with E-state index in [0.717, 1.165) is 12.7 Å².